The van der Waals surface area contributed by atoms with E-state index < -0.39 is 0 Å². The van der Waals surface area contributed by atoms with Crippen LogP contribution in [0.2, 0.25) is 0 Å². The lowest BCUT2D eigenvalue weighted by atomic mass is 9.47. The third kappa shape index (κ3) is 2.21. The molecular formula is C21H31ClO. The molecule has 4 rings (SSSR count). The van der Waals surface area contributed by atoms with Crippen LogP contribution in [-0.2, 0) is 4.79 Å². The minimum atomic E-state index is 0.276. The van der Waals surface area contributed by atoms with Gasteiger partial charge in [-0.1, -0.05) is 25.5 Å². The van der Waals surface area contributed by atoms with Gasteiger partial charge in [-0.05, 0) is 86.9 Å². The lowest BCUT2D eigenvalue weighted by molar-refractivity contribution is -0.127. The molecule has 4 aliphatic rings. The molecule has 1 nitrogen and oxygen atoms in total. The molecule has 0 spiro atoms. The Balaban J connectivity index is 1.66. The second-order valence-corrected chi connectivity index (χ2v) is 10.0. The number of hydrogen-bond donors (Lipinski definition) is 0. The van der Waals surface area contributed by atoms with Gasteiger partial charge in [0.1, 0.15) is 5.78 Å². The highest BCUT2D eigenvalue weighted by Crippen LogP contribution is 2.66. The zero-order valence-electron chi connectivity index (χ0n) is 14.9. The largest absolute Gasteiger partial charge is 0.300 e. The van der Waals surface area contributed by atoms with E-state index in [2.05, 4.69) is 19.9 Å². The molecule has 0 aromatic rings. The van der Waals surface area contributed by atoms with Gasteiger partial charge in [0.15, 0.2) is 0 Å². The lowest BCUT2D eigenvalue weighted by Gasteiger charge is -2.57. The first kappa shape index (κ1) is 16.2. The number of fused-ring (bicyclic) bond motifs is 5. The summed E-state index contributed by atoms with van der Waals surface area (Å²) in [6.45, 7) is 6.79. The lowest BCUT2D eigenvalue weighted by Crippen LogP contribution is -2.50. The SMILES string of the molecule is CC(=O)[C@@H]1CC[C@@H]2[C@H]3CC=C4C[C@H](Cl)CC[C@]4(C)[C@@H]3CC[C@]21C. The minimum absolute atomic E-state index is 0.276. The Hall–Kier alpha value is -0.300. The van der Waals surface area contributed by atoms with Crippen LogP contribution in [0.1, 0.15) is 72.1 Å². The standard InChI is InChI=1S/C21H31ClO/c1-13(23)17-6-7-18-16-5-4-14-12-15(22)8-10-20(14,2)19(16)9-11-21(17,18)3/h4,15-19H,5-12H2,1-3H3/t15-,16-,17+,18-,19-,20+,21+/m1/s1. The number of allylic oxidation sites excluding steroid dienone is 2. The maximum Gasteiger partial charge on any atom is 0.133 e. The highest BCUT2D eigenvalue weighted by Gasteiger charge is 2.59. The summed E-state index contributed by atoms with van der Waals surface area (Å²) in [6.07, 6.45) is 12.4. The molecule has 0 heterocycles. The summed E-state index contributed by atoms with van der Waals surface area (Å²) >= 11 is 6.46. The average molecular weight is 335 g/mol. The van der Waals surface area contributed by atoms with E-state index in [-0.39, 0.29) is 5.41 Å². The molecule has 0 N–H and O–H groups in total. The molecule has 23 heavy (non-hydrogen) atoms. The number of halogens is 1. The number of alkyl halides is 1. The molecule has 7 atom stereocenters. The minimum Gasteiger partial charge on any atom is -0.300 e. The zero-order valence-corrected chi connectivity index (χ0v) is 15.7. The van der Waals surface area contributed by atoms with Gasteiger partial charge < -0.3 is 0 Å². The second-order valence-electron chi connectivity index (χ2n) is 9.38. The summed E-state index contributed by atoms with van der Waals surface area (Å²) in [4.78, 5) is 12.2. The van der Waals surface area contributed by atoms with Crippen LogP contribution in [-0.4, -0.2) is 11.2 Å². The van der Waals surface area contributed by atoms with Crippen molar-refractivity contribution in [3.63, 3.8) is 0 Å². The third-order valence-corrected chi connectivity index (χ3v) is 8.91. The van der Waals surface area contributed by atoms with Crippen LogP contribution in [0.4, 0.5) is 0 Å². The molecule has 4 aliphatic carbocycles. The highest BCUT2D eigenvalue weighted by molar-refractivity contribution is 6.20. The number of ketones is 1. The molecular weight excluding hydrogens is 304 g/mol. The van der Waals surface area contributed by atoms with E-state index in [4.69, 9.17) is 11.6 Å². The van der Waals surface area contributed by atoms with E-state index >= 15 is 0 Å². The number of rotatable bonds is 1. The Kier molecular flexibility index (Phi) is 3.76. The van der Waals surface area contributed by atoms with E-state index in [1.165, 1.54) is 38.5 Å². The average Bonchev–Trinajstić information content (AvgIpc) is 2.85. The Morgan fingerprint density at radius 3 is 2.65 bits per heavy atom. The Morgan fingerprint density at radius 2 is 1.91 bits per heavy atom. The van der Waals surface area contributed by atoms with Crippen molar-refractivity contribution in [2.45, 2.75) is 77.5 Å². The second kappa shape index (κ2) is 5.35. The first-order valence-electron chi connectivity index (χ1n) is 9.70. The van der Waals surface area contributed by atoms with Crippen molar-refractivity contribution >= 4 is 17.4 Å². The van der Waals surface area contributed by atoms with Crippen molar-refractivity contribution in [2.75, 3.05) is 0 Å². The predicted octanol–water partition coefficient (Wildman–Crippen LogP) is 5.76. The summed E-state index contributed by atoms with van der Waals surface area (Å²) in [5, 5.41) is 0.355. The Labute approximate surface area is 146 Å². The van der Waals surface area contributed by atoms with E-state index in [9.17, 15) is 4.79 Å². The van der Waals surface area contributed by atoms with E-state index in [0.29, 0.717) is 22.5 Å². The zero-order chi connectivity index (χ0) is 16.4. The first-order valence-corrected chi connectivity index (χ1v) is 10.1. The van der Waals surface area contributed by atoms with Crippen LogP contribution in [0.25, 0.3) is 0 Å². The fourth-order valence-corrected chi connectivity index (χ4v) is 7.56. The molecule has 3 fully saturated rings. The van der Waals surface area contributed by atoms with Gasteiger partial charge in [0.05, 0.1) is 0 Å². The molecule has 0 saturated heterocycles. The summed E-state index contributed by atoms with van der Waals surface area (Å²) < 4.78 is 0. The number of carbonyl (C=O) groups excluding carboxylic acids is 1. The molecule has 0 aromatic carbocycles. The fourth-order valence-electron chi connectivity index (χ4n) is 7.28. The van der Waals surface area contributed by atoms with Crippen molar-refractivity contribution < 1.29 is 4.79 Å². The van der Waals surface area contributed by atoms with Crippen LogP contribution < -0.4 is 0 Å². The van der Waals surface area contributed by atoms with Gasteiger partial charge in [-0.2, -0.15) is 0 Å². The molecule has 0 amide bonds. The van der Waals surface area contributed by atoms with Crippen LogP contribution in [0.3, 0.4) is 0 Å². The molecule has 0 aliphatic heterocycles. The molecule has 2 heteroatoms. The smallest absolute Gasteiger partial charge is 0.133 e. The maximum absolute atomic E-state index is 12.2. The molecule has 0 bridgehead atoms. The van der Waals surface area contributed by atoms with Crippen molar-refractivity contribution in [3.8, 4) is 0 Å². The summed E-state index contributed by atoms with van der Waals surface area (Å²) in [6, 6.07) is 0. The van der Waals surface area contributed by atoms with Crippen LogP contribution >= 0.6 is 11.6 Å². The molecule has 3 saturated carbocycles. The topological polar surface area (TPSA) is 17.1 Å². The Morgan fingerprint density at radius 1 is 1.13 bits per heavy atom. The Bertz CT molecular complexity index is 552. The predicted molar refractivity (Wildman–Crippen MR) is 95.5 cm³/mol. The van der Waals surface area contributed by atoms with Crippen molar-refractivity contribution in [1.82, 2.24) is 0 Å². The molecule has 0 unspecified atom stereocenters. The summed E-state index contributed by atoms with van der Waals surface area (Å²) in [5.74, 6) is 3.16. The number of Topliss-reactive ketones (excluding diaryl/α,β-unsaturated/α-hetero) is 1. The van der Waals surface area contributed by atoms with Crippen LogP contribution in [0, 0.1) is 34.5 Å². The van der Waals surface area contributed by atoms with Gasteiger partial charge in [0.25, 0.3) is 0 Å². The van der Waals surface area contributed by atoms with Gasteiger partial charge in [-0.25, -0.2) is 0 Å². The van der Waals surface area contributed by atoms with Gasteiger partial charge in [0, 0.05) is 11.3 Å². The van der Waals surface area contributed by atoms with Gasteiger partial charge >= 0.3 is 0 Å². The maximum atomic E-state index is 12.2. The van der Waals surface area contributed by atoms with Crippen molar-refractivity contribution in [2.24, 2.45) is 34.5 Å². The summed E-state index contributed by atoms with van der Waals surface area (Å²) in [7, 11) is 0. The van der Waals surface area contributed by atoms with Crippen molar-refractivity contribution in [3.05, 3.63) is 11.6 Å². The number of carbonyl (C=O) groups is 1. The molecule has 0 radical (unpaired) electrons. The van der Waals surface area contributed by atoms with E-state index in [0.717, 1.165) is 30.6 Å². The van der Waals surface area contributed by atoms with Gasteiger partial charge in [0.2, 0.25) is 0 Å². The highest BCUT2D eigenvalue weighted by atomic mass is 35.5. The monoisotopic (exact) mass is 334 g/mol. The first-order chi connectivity index (χ1) is 10.9. The van der Waals surface area contributed by atoms with Crippen LogP contribution in [0.5, 0.6) is 0 Å². The quantitative estimate of drug-likeness (QED) is 0.440. The number of hydrogen-bond acceptors (Lipinski definition) is 1. The summed E-state index contributed by atoms with van der Waals surface area (Å²) in [5.41, 5.74) is 2.33. The van der Waals surface area contributed by atoms with Crippen LogP contribution in [0.15, 0.2) is 11.6 Å². The fraction of sp³-hybridized carbons (Fsp3) is 0.857. The van der Waals surface area contributed by atoms with Gasteiger partial charge in [-0.15, -0.1) is 11.6 Å². The third-order valence-electron chi connectivity index (χ3n) is 8.53. The van der Waals surface area contributed by atoms with E-state index in [1.54, 1.807) is 5.57 Å². The molecule has 128 valence electrons. The van der Waals surface area contributed by atoms with E-state index in [1.807, 2.05) is 6.92 Å². The normalized spacial score (nSPS) is 52.2. The molecule has 0 aromatic heterocycles. The van der Waals surface area contributed by atoms with Crippen molar-refractivity contribution in [1.29, 1.82) is 0 Å². The van der Waals surface area contributed by atoms with Gasteiger partial charge in [-0.3, -0.25) is 4.79 Å².